The third-order valence-corrected chi connectivity index (χ3v) is 5.32. The quantitative estimate of drug-likeness (QED) is 0.686. The van der Waals surface area contributed by atoms with Gasteiger partial charge >= 0.3 is 6.03 Å². The van der Waals surface area contributed by atoms with Gasteiger partial charge in [-0.1, -0.05) is 49.2 Å². The number of rotatable bonds is 6. The summed E-state index contributed by atoms with van der Waals surface area (Å²) in [6.07, 6.45) is 2.64. The summed E-state index contributed by atoms with van der Waals surface area (Å²) in [5, 5.41) is 8.38. The Kier molecular flexibility index (Phi) is 6.46. The van der Waals surface area contributed by atoms with Crippen LogP contribution in [0.5, 0.6) is 0 Å². The summed E-state index contributed by atoms with van der Waals surface area (Å²) in [5.74, 6) is -1.75. The van der Waals surface area contributed by atoms with E-state index in [4.69, 9.17) is 0 Å². The zero-order valence-corrected chi connectivity index (χ0v) is 16.3. The van der Waals surface area contributed by atoms with Crippen molar-refractivity contribution in [3.8, 4) is 0 Å². The van der Waals surface area contributed by atoms with E-state index in [1.165, 1.54) is 6.07 Å². The number of nitrogens with one attached hydrogen (secondary N) is 3. The Balaban J connectivity index is 1.64. The fraction of sp³-hybridized carbons (Fsp3) is 0.364. The average Bonchev–Trinajstić information content (AvgIpc) is 3.17. The molecule has 0 heterocycles. The van der Waals surface area contributed by atoms with Crippen LogP contribution in [0.1, 0.15) is 49.8 Å². The van der Waals surface area contributed by atoms with Crippen LogP contribution in [0.15, 0.2) is 48.5 Å². The predicted octanol–water partition coefficient (Wildman–Crippen LogP) is 3.95. The SMILES string of the molecule is C[C@H](NC(=O)C1(NC(=O)NCc2ccccc2)CCCC1)c1ccc(F)cc1F. The van der Waals surface area contributed by atoms with Crippen LogP contribution in [0, 0.1) is 11.6 Å². The van der Waals surface area contributed by atoms with Crippen molar-refractivity contribution in [2.75, 3.05) is 0 Å². The molecule has 0 aliphatic heterocycles. The van der Waals surface area contributed by atoms with Gasteiger partial charge in [0.1, 0.15) is 17.2 Å². The molecule has 0 unspecified atom stereocenters. The first-order valence-corrected chi connectivity index (χ1v) is 9.75. The molecule has 1 aliphatic rings. The fourth-order valence-electron chi connectivity index (χ4n) is 3.69. The minimum absolute atomic E-state index is 0.196. The molecule has 0 spiro atoms. The lowest BCUT2D eigenvalue weighted by molar-refractivity contribution is -0.127. The molecule has 3 rings (SSSR count). The zero-order valence-electron chi connectivity index (χ0n) is 16.3. The van der Waals surface area contributed by atoms with E-state index in [0.717, 1.165) is 30.5 Å². The van der Waals surface area contributed by atoms with Crippen molar-refractivity contribution in [2.45, 2.75) is 50.7 Å². The topological polar surface area (TPSA) is 70.2 Å². The number of halogens is 2. The molecule has 0 radical (unpaired) electrons. The molecule has 0 saturated heterocycles. The van der Waals surface area contributed by atoms with Gasteiger partial charge in [-0.2, -0.15) is 0 Å². The number of hydrogen-bond acceptors (Lipinski definition) is 2. The standard InChI is InChI=1S/C22H25F2N3O2/c1-15(18-10-9-17(23)13-19(18)24)26-20(28)22(11-5-6-12-22)27-21(29)25-14-16-7-3-2-4-8-16/h2-4,7-10,13,15H,5-6,11-12,14H2,1H3,(H,26,28)(H2,25,27,29)/t15-/m0/s1. The first kappa shape index (κ1) is 20.8. The number of carbonyl (C=O) groups is 2. The molecule has 1 atom stereocenters. The van der Waals surface area contributed by atoms with Crippen LogP contribution in [-0.4, -0.2) is 17.5 Å². The van der Waals surface area contributed by atoms with Crippen molar-refractivity contribution < 1.29 is 18.4 Å². The highest BCUT2D eigenvalue weighted by atomic mass is 19.1. The Morgan fingerprint density at radius 1 is 1.07 bits per heavy atom. The summed E-state index contributed by atoms with van der Waals surface area (Å²) in [4.78, 5) is 25.4. The zero-order chi connectivity index (χ0) is 20.9. The van der Waals surface area contributed by atoms with E-state index in [1.54, 1.807) is 6.92 Å². The Morgan fingerprint density at radius 2 is 1.76 bits per heavy atom. The van der Waals surface area contributed by atoms with E-state index < -0.39 is 29.2 Å². The van der Waals surface area contributed by atoms with Gasteiger partial charge in [0.05, 0.1) is 6.04 Å². The van der Waals surface area contributed by atoms with E-state index in [1.807, 2.05) is 30.3 Å². The maximum Gasteiger partial charge on any atom is 0.315 e. The van der Waals surface area contributed by atoms with Crippen LogP contribution in [-0.2, 0) is 11.3 Å². The molecule has 1 aliphatic carbocycles. The summed E-state index contributed by atoms with van der Waals surface area (Å²) in [7, 11) is 0. The lowest BCUT2D eigenvalue weighted by Gasteiger charge is -2.30. The monoisotopic (exact) mass is 401 g/mol. The highest BCUT2D eigenvalue weighted by molar-refractivity contribution is 5.91. The fourth-order valence-corrected chi connectivity index (χ4v) is 3.69. The van der Waals surface area contributed by atoms with E-state index in [0.29, 0.717) is 19.4 Å². The van der Waals surface area contributed by atoms with Gasteiger partial charge in [0, 0.05) is 18.2 Å². The highest BCUT2D eigenvalue weighted by Crippen LogP contribution is 2.31. The highest BCUT2D eigenvalue weighted by Gasteiger charge is 2.43. The largest absolute Gasteiger partial charge is 0.347 e. The van der Waals surface area contributed by atoms with Gasteiger partial charge in [0.2, 0.25) is 5.91 Å². The smallest absolute Gasteiger partial charge is 0.315 e. The summed E-state index contributed by atoms with van der Waals surface area (Å²) in [6, 6.07) is 11.6. The maximum atomic E-state index is 14.0. The number of carbonyl (C=O) groups excluding carboxylic acids is 2. The minimum atomic E-state index is -1.04. The summed E-state index contributed by atoms with van der Waals surface area (Å²) in [6.45, 7) is 1.98. The molecule has 2 aromatic carbocycles. The first-order chi connectivity index (χ1) is 13.9. The lowest BCUT2D eigenvalue weighted by Crippen LogP contribution is -2.59. The van der Waals surface area contributed by atoms with E-state index in [-0.39, 0.29) is 11.5 Å². The molecule has 5 nitrogen and oxygen atoms in total. The van der Waals surface area contributed by atoms with Crippen LogP contribution in [0.25, 0.3) is 0 Å². The summed E-state index contributed by atoms with van der Waals surface area (Å²) in [5.41, 5.74) is 0.111. The Hall–Kier alpha value is -2.96. The maximum absolute atomic E-state index is 14.0. The van der Waals surface area contributed by atoms with E-state index >= 15 is 0 Å². The molecule has 7 heteroatoms. The van der Waals surface area contributed by atoms with E-state index in [2.05, 4.69) is 16.0 Å². The molecule has 0 bridgehead atoms. The average molecular weight is 401 g/mol. The Bertz CT molecular complexity index is 868. The van der Waals surface area contributed by atoms with Gasteiger partial charge < -0.3 is 16.0 Å². The molecule has 0 aromatic heterocycles. The molecule has 3 amide bonds. The third kappa shape index (κ3) is 5.10. The van der Waals surface area contributed by atoms with Crippen LogP contribution in [0.4, 0.5) is 13.6 Å². The third-order valence-electron chi connectivity index (χ3n) is 5.32. The summed E-state index contributed by atoms with van der Waals surface area (Å²) >= 11 is 0. The van der Waals surface area contributed by atoms with Crippen LogP contribution >= 0.6 is 0 Å². The van der Waals surface area contributed by atoms with Gasteiger partial charge in [-0.3, -0.25) is 4.79 Å². The molecule has 1 fully saturated rings. The predicted molar refractivity (Wildman–Crippen MR) is 106 cm³/mol. The lowest BCUT2D eigenvalue weighted by atomic mass is 9.95. The number of amides is 3. The molecule has 3 N–H and O–H groups in total. The molecular weight excluding hydrogens is 376 g/mol. The van der Waals surface area contributed by atoms with Gasteiger partial charge in [0.15, 0.2) is 0 Å². The molecule has 1 saturated carbocycles. The molecule has 154 valence electrons. The van der Waals surface area contributed by atoms with Crippen molar-refractivity contribution in [3.63, 3.8) is 0 Å². The van der Waals surface area contributed by atoms with E-state index in [9.17, 15) is 18.4 Å². The van der Waals surface area contributed by atoms with Crippen LogP contribution < -0.4 is 16.0 Å². The van der Waals surface area contributed by atoms with Gasteiger partial charge in [-0.05, 0) is 31.4 Å². The van der Waals surface area contributed by atoms with Gasteiger partial charge in [-0.15, -0.1) is 0 Å². The molecule has 2 aromatic rings. The van der Waals surface area contributed by atoms with Gasteiger partial charge in [-0.25, -0.2) is 13.6 Å². The van der Waals surface area contributed by atoms with Crippen LogP contribution in [0.3, 0.4) is 0 Å². The van der Waals surface area contributed by atoms with Gasteiger partial charge in [0.25, 0.3) is 0 Å². The van der Waals surface area contributed by atoms with Crippen LogP contribution in [0.2, 0.25) is 0 Å². The number of urea groups is 1. The molecule has 29 heavy (non-hydrogen) atoms. The summed E-state index contributed by atoms with van der Waals surface area (Å²) < 4.78 is 27.2. The molecular formula is C22H25F2N3O2. The van der Waals surface area contributed by atoms with Crippen molar-refractivity contribution in [2.24, 2.45) is 0 Å². The minimum Gasteiger partial charge on any atom is -0.347 e. The second-order valence-electron chi connectivity index (χ2n) is 7.44. The van der Waals surface area contributed by atoms with Crippen molar-refractivity contribution in [1.82, 2.24) is 16.0 Å². The Labute approximate surface area is 168 Å². The van der Waals surface area contributed by atoms with Crippen molar-refractivity contribution >= 4 is 11.9 Å². The van der Waals surface area contributed by atoms with Crippen molar-refractivity contribution in [3.05, 3.63) is 71.3 Å². The second kappa shape index (κ2) is 9.03. The number of benzene rings is 2. The number of hydrogen-bond donors (Lipinski definition) is 3. The first-order valence-electron chi connectivity index (χ1n) is 9.75. The normalized spacial score (nSPS) is 16.1. The second-order valence-corrected chi connectivity index (χ2v) is 7.44. The van der Waals surface area contributed by atoms with Crippen molar-refractivity contribution in [1.29, 1.82) is 0 Å². The Morgan fingerprint density at radius 3 is 2.41 bits per heavy atom.